The van der Waals surface area contributed by atoms with Crippen LogP contribution in [0.4, 0.5) is 11.5 Å². The number of anilines is 2. The Morgan fingerprint density at radius 2 is 1.92 bits per heavy atom. The number of nitrogens with one attached hydrogen (secondary N) is 1. The standard InChI is InChI=1S/C21H20N4O/c1-3-16-10-17(13-22)12-19(11-16)24-21(26)18-9-15(2)20(23-14-18)25-7-5-4-6-8-25/h1,9-12,14H,4-8H2,2H3,(H,24,26). The number of aryl methyl sites for hydroxylation is 1. The van der Waals surface area contributed by atoms with Gasteiger partial charge in [0.05, 0.1) is 17.2 Å². The Balaban J connectivity index is 1.79. The third-order valence-corrected chi connectivity index (χ3v) is 4.46. The smallest absolute Gasteiger partial charge is 0.257 e. The number of carbonyl (C=O) groups is 1. The lowest BCUT2D eigenvalue weighted by atomic mass is 10.1. The minimum Gasteiger partial charge on any atom is -0.356 e. The molecule has 1 fully saturated rings. The van der Waals surface area contributed by atoms with E-state index in [1.54, 1.807) is 24.4 Å². The zero-order valence-corrected chi connectivity index (χ0v) is 14.7. The van der Waals surface area contributed by atoms with Crippen LogP contribution >= 0.6 is 0 Å². The second-order valence-corrected chi connectivity index (χ2v) is 6.42. The highest BCUT2D eigenvalue weighted by atomic mass is 16.1. The van der Waals surface area contributed by atoms with E-state index in [9.17, 15) is 4.79 Å². The second-order valence-electron chi connectivity index (χ2n) is 6.42. The molecule has 5 heteroatoms. The Kier molecular flexibility index (Phi) is 5.20. The molecule has 5 nitrogen and oxygen atoms in total. The predicted molar refractivity (Wildman–Crippen MR) is 102 cm³/mol. The predicted octanol–water partition coefficient (Wildman–Crippen LogP) is 3.49. The highest BCUT2D eigenvalue weighted by Crippen LogP contribution is 2.22. The lowest BCUT2D eigenvalue weighted by Crippen LogP contribution is -2.31. The number of nitriles is 1. The van der Waals surface area contributed by atoms with Crippen molar-refractivity contribution in [2.24, 2.45) is 0 Å². The van der Waals surface area contributed by atoms with Crippen LogP contribution in [0.3, 0.4) is 0 Å². The number of benzene rings is 1. The van der Waals surface area contributed by atoms with Gasteiger partial charge in [0.1, 0.15) is 5.82 Å². The molecule has 2 aromatic rings. The summed E-state index contributed by atoms with van der Waals surface area (Å²) in [5.74, 6) is 3.16. The van der Waals surface area contributed by atoms with Gasteiger partial charge in [-0.05, 0) is 56.0 Å². The van der Waals surface area contributed by atoms with Gasteiger partial charge in [0.2, 0.25) is 0 Å². The third kappa shape index (κ3) is 3.84. The van der Waals surface area contributed by atoms with Crippen molar-refractivity contribution < 1.29 is 4.79 Å². The number of hydrogen-bond donors (Lipinski definition) is 1. The van der Waals surface area contributed by atoms with E-state index in [1.807, 2.05) is 19.1 Å². The molecule has 1 aliphatic rings. The van der Waals surface area contributed by atoms with Crippen molar-refractivity contribution in [3.05, 3.63) is 52.7 Å². The van der Waals surface area contributed by atoms with Gasteiger partial charge in [-0.15, -0.1) is 6.42 Å². The summed E-state index contributed by atoms with van der Waals surface area (Å²) < 4.78 is 0. The molecule has 2 heterocycles. The first-order chi connectivity index (χ1) is 12.6. The maximum atomic E-state index is 12.6. The number of rotatable bonds is 3. The first-order valence-electron chi connectivity index (χ1n) is 8.65. The molecule has 0 radical (unpaired) electrons. The van der Waals surface area contributed by atoms with E-state index in [0.717, 1.165) is 24.5 Å². The summed E-state index contributed by atoms with van der Waals surface area (Å²) in [6, 6.07) is 8.77. The summed E-state index contributed by atoms with van der Waals surface area (Å²) in [6.07, 6.45) is 10.6. The number of nitrogens with zero attached hydrogens (tertiary/aromatic N) is 3. The summed E-state index contributed by atoms with van der Waals surface area (Å²) >= 11 is 0. The van der Waals surface area contributed by atoms with Gasteiger partial charge in [0.25, 0.3) is 5.91 Å². The summed E-state index contributed by atoms with van der Waals surface area (Å²) in [6.45, 7) is 3.99. The molecule has 0 unspecified atom stereocenters. The van der Waals surface area contributed by atoms with Crippen LogP contribution in [0.5, 0.6) is 0 Å². The van der Waals surface area contributed by atoms with Crippen LogP contribution in [0.15, 0.2) is 30.5 Å². The summed E-state index contributed by atoms with van der Waals surface area (Å²) in [5.41, 5.74) is 2.92. The van der Waals surface area contributed by atoms with Crippen molar-refractivity contribution in [2.75, 3.05) is 23.3 Å². The number of aromatic nitrogens is 1. The van der Waals surface area contributed by atoms with Crippen molar-refractivity contribution in [3.8, 4) is 18.4 Å². The van der Waals surface area contributed by atoms with E-state index in [4.69, 9.17) is 11.7 Å². The van der Waals surface area contributed by atoms with Crippen molar-refractivity contribution in [1.29, 1.82) is 5.26 Å². The number of terminal acetylenes is 1. The van der Waals surface area contributed by atoms with Gasteiger partial charge in [-0.3, -0.25) is 4.79 Å². The van der Waals surface area contributed by atoms with Gasteiger partial charge in [-0.25, -0.2) is 4.98 Å². The maximum Gasteiger partial charge on any atom is 0.257 e. The molecule has 1 aromatic carbocycles. The van der Waals surface area contributed by atoms with Crippen molar-refractivity contribution in [3.63, 3.8) is 0 Å². The molecule has 0 aliphatic carbocycles. The first-order valence-corrected chi connectivity index (χ1v) is 8.65. The molecule has 0 atom stereocenters. The van der Waals surface area contributed by atoms with E-state index in [2.05, 4.69) is 21.1 Å². The molecule has 0 bridgehead atoms. The highest BCUT2D eigenvalue weighted by Gasteiger charge is 2.16. The van der Waals surface area contributed by atoms with Crippen LogP contribution in [0, 0.1) is 30.6 Å². The fourth-order valence-corrected chi connectivity index (χ4v) is 3.18. The molecule has 0 saturated carbocycles. The molecular weight excluding hydrogens is 324 g/mol. The Bertz CT molecular complexity index is 882. The topological polar surface area (TPSA) is 69.0 Å². The molecule has 1 saturated heterocycles. The van der Waals surface area contributed by atoms with Crippen LogP contribution in [-0.4, -0.2) is 24.0 Å². The first kappa shape index (κ1) is 17.5. The van der Waals surface area contributed by atoms with E-state index in [1.165, 1.54) is 19.3 Å². The monoisotopic (exact) mass is 344 g/mol. The van der Waals surface area contributed by atoms with Crippen LogP contribution in [0.2, 0.25) is 0 Å². The fraction of sp³-hybridized carbons (Fsp3) is 0.286. The normalized spacial score (nSPS) is 13.6. The number of pyridine rings is 1. The van der Waals surface area contributed by atoms with Crippen molar-refractivity contribution in [1.82, 2.24) is 4.98 Å². The van der Waals surface area contributed by atoms with E-state index in [0.29, 0.717) is 22.4 Å². The lowest BCUT2D eigenvalue weighted by molar-refractivity contribution is 0.102. The fourth-order valence-electron chi connectivity index (χ4n) is 3.18. The Hall–Kier alpha value is -3.31. The Morgan fingerprint density at radius 3 is 2.58 bits per heavy atom. The van der Waals surface area contributed by atoms with Crippen molar-refractivity contribution in [2.45, 2.75) is 26.2 Å². The van der Waals surface area contributed by atoms with Gasteiger partial charge in [-0.1, -0.05) is 5.92 Å². The number of amides is 1. The lowest BCUT2D eigenvalue weighted by Gasteiger charge is -2.29. The summed E-state index contributed by atoms with van der Waals surface area (Å²) in [4.78, 5) is 19.3. The number of carbonyl (C=O) groups excluding carboxylic acids is 1. The molecule has 1 aromatic heterocycles. The van der Waals surface area contributed by atoms with Gasteiger partial charge in [-0.2, -0.15) is 5.26 Å². The zero-order chi connectivity index (χ0) is 18.5. The van der Waals surface area contributed by atoms with Gasteiger partial charge in [0.15, 0.2) is 0 Å². The molecule has 3 rings (SSSR count). The average molecular weight is 344 g/mol. The second kappa shape index (κ2) is 7.72. The Labute approximate surface area is 153 Å². The zero-order valence-electron chi connectivity index (χ0n) is 14.7. The Morgan fingerprint density at radius 1 is 1.19 bits per heavy atom. The summed E-state index contributed by atoms with van der Waals surface area (Å²) in [5, 5.41) is 11.9. The van der Waals surface area contributed by atoms with E-state index >= 15 is 0 Å². The molecule has 1 N–H and O–H groups in total. The van der Waals surface area contributed by atoms with Crippen LogP contribution in [0.1, 0.15) is 46.3 Å². The van der Waals surface area contributed by atoms with Crippen molar-refractivity contribution >= 4 is 17.4 Å². The van der Waals surface area contributed by atoms with E-state index in [-0.39, 0.29) is 5.91 Å². The summed E-state index contributed by atoms with van der Waals surface area (Å²) in [7, 11) is 0. The van der Waals surface area contributed by atoms with Gasteiger partial charge >= 0.3 is 0 Å². The SMILES string of the molecule is C#Cc1cc(C#N)cc(NC(=O)c2cnc(N3CCCCC3)c(C)c2)c1. The average Bonchev–Trinajstić information content (AvgIpc) is 2.68. The van der Waals surface area contributed by atoms with Gasteiger partial charge in [0, 0.05) is 30.5 Å². The maximum absolute atomic E-state index is 12.6. The minimum absolute atomic E-state index is 0.274. The quantitative estimate of drug-likeness (QED) is 0.866. The highest BCUT2D eigenvalue weighted by molar-refractivity contribution is 6.04. The molecule has 1 amide bonds. The molecular formula is C21H20N4O. The third-order valence-electron chi connectivity index (χ3n) is 4.46. The van der Waals surface area contributed by atoms with Crippen LogP contribution in [-0.2, 0) is 0 Å². The largest absolute Gasteiger partial charge is 0.356 e. The molecule has 1 aliphatic heterocycles. The molecule has 0 spiro atoms. The number of hydrogen-bond acceptors (Lipinski definition) is 4. The number of piperidine rings is 1. The van der Waals surface area contributed by atoms with Gasteiger partial charge < -0.3 is 10.2 Å². The molecule has 26 heavy (non-hydrogen) atoms. The molecule has 130 valence electrons. The minimum atomic E-state index is -0.274. The van der Waals surface area contributed by atoms with E-state index < -0.39 is 0 Å². The van der Waals surface area contributed by atoms with Crippen LogP contribution in [0.25, 0.3) is 0 Å². The van der Waals surface area contributed by atoms with Crippen LogP contribution < -0.4 is 10.2 Å².